The molecule has 0 radical (unpaired) electrons. The van der Waals surface area contributed by atoms with Gasteiger partial charge in [-0.05, 0) is 166 Å². The zero-order valence-electron chi connectivity index (χ0n) is 61.6. The Morgan fingerprint density at radius 1 is 0.245 bits per heavy atom. The molecule has 0 N–H and O–H groups in total. The summed E-state index contributed by atoms with van der Waals surface area (Å²) in [7, 11) is 0. The van der Waals surface area contributed by atoms with Crippen molar-refractivity contribution in [3.8, 4) is 24.2 Å². The minimum absolute atomic E-state index is 0.729. The maximum absolute atomic E-state index is 3.67. The summed E-state index contributed by atoms with van der Waals surface area (Å²) < 4.78 is 0. The van der Waals surface area contributed by atoms with Crippen LogP contribution in [0.1, 0.15) is 158 Å². The SMILES string of the molecule is C=CN1C#CN(C=C)C1.C=Cc1ccc(C=C)cc1.C=Cc1ccc(C=C)cc1.C=Cc1cccc(C=C)c1.C=Cc1cccc(C=C)c1.CCN1C#CN(CC)C1.CCc1ccc(CC)cc1.CCc1ccc(CC)cc1.CCc1cccc(CC)c1.CCc1cccc(CC)c1. The fraction of sp³-hybridized carbons (Fsp3) is 0.234. The van der Waals surface area contributed by atoms with Crippen LogP contribution in [0.2, 0.25) is 0 Å². The highest BCUT2D eigenvalue weighted by atomic mass is 15.3. The molecule has 4 heteroatoms. The second-order valence-electron chi connectivity index (χ2n) is 22.2. The maximum atomic E-state index is 3.67. The van der Waals surface area contributed by atoms with Crippen LogP contribution in [0.25, 0.3) is 48.6 Å². The highest BCUT2D eigenvalue weighted by Gasteiger charge is 2.07. The Labute approximate surface area is 597 Å². The molecule has 2 aliphatic rings. The predicted molar refractivity (Wildman–Crippen MR) is 441 cm³/mol. The molecular formula is C94H116N4. The van der Waals surface area contributed by atoms with E-state index in [4.69, 9.17) is 0 Å². The number of hydrogen-bond donors (Lipinski definition) is 0. The van der Waals surface area contributed by atoms with Crippen LogP contribution >= 0.6 is 0 Å². The van der Waals surface area contributed by atoms with E-state index in [1.165, 1.54) is 44.5 Å². The Morgan fingerprint density at radius 2 is 0.459 bits per heavy atom. The Hall–Kier alpha value is -10.5. The summed E-state index contributed by atoms with van der Waals surface area (Å²) in [5.74, 6) is 0. The summed E-state index contributed by atoms with van der Waals surface area (Å²) in [5.41, 5.74) is 20.6. The van der Waals surface area contributed by atoms with Crippen LogP contribution in [0.4, 0.5) is 0 Å². The summed E-state index contributed by atoms with van der Waals surface area (Å²) in [6.07, 6.45) is 27.2. The predicted octanol–water partition coefficient (Wildman–Crippen LogP) is 24.4. The first kappa shape index (κ1) is 85.5. The van der Waals surface area contributed by atoms with Crippen molar-refractivity contribution < 1.29 is 0 Å². The van der Waals surface area contributed by atoms with E-state index in [2.05, 4.69) is 266 Å². The quantitative estimate of drug-likeness (QED) is 0.0705. The third kappa shape index (κ3) is 37.5. The molecule has 4 nitrogen and oxygen atoms in total. The Morgan fingerprint density at radius 3 is 0.622 bits per heavy atom. The van der Waals surface area contributed by atoms with E-state index in [1.807, 2.05) is 146 Å². The van der Waals surface area contributed by atoms with Gasteiger partial charge in [0.05, 0.1) is 0 Å². The zero-order valence-corrected chi connectivity index (χ0v) is 61.6. The molecule has 2 heterocycles. The van der Waals surface area contributed by atoms with E-state index in [-0.39, 0.29) is 0 Å². The van der Waals surface area contributed by atoms with E-state index in [0.717, 1.165) is 122 Å². The summed E-state index contributed by atoms with van der Waals surface area (Å²) >= 11 is 0. The number of aryl methyl sites for hydroxylation is 8. The van der Waals surface area contributed by atoms with Crippen LogP contribution in [-0.4, -0.2) is 46.0 Å². The van der Waals surface area contributed by atoms with Crippen molar-refractivity contribution in [1.29, 1.82) is 0 Å². The van der Waals surface area contributed by atoms with Gasteiger partial charge >= 0.3 is 0 Å². The van der Waals surface area contributed by atoms with Crippen LogP contribution in [0.5, 0.6) is 0 Å². The van der Waals surface area contributed by atoms with Crippen molar-refractivity contribution in [1.82, 2.24) is 19.6 Å². The number of benzene rings is 8. The largest absolute Gasteiger partial charge is 0.312 e. The molecule has 0 saturated heterocycles. The fourth-order valence-corrected chi connectivity index (χ4v) is 8.67. The summed E-state index contributed by atoms with van der Waals surface area (Å²) in [4.78, 5) is 7.79. The molecule has 0 fully saturated rings. The van der Waals surface area contributed by atoms with Gasteiger partial charge in [0.2, 0.25) is 0 Å². The topological polar surface area (TPSA) is 13.0 Å². The lowest BCUT2D eigenvalue weighted by atomic mass is 10.1. The van der Waals surface area contributed by atoms with Crippen molar-refractivity contribution in [2.45, 2.75) is 121 Å². The van der Waals surface area contributed by atoms with Gasteiger partial charge in [0.15, 0.2) is 0 Å². The van der Waals surface area contributed by atoms with Gasteiger partial charge in [-0.1, -0.05) is 352 Å². The summed E-state index contributed by atoms with van der Waals surface area (Å²) in [5, 5.41) is 0. The Balaban J connectivity index is 0.000000545. The molecule has 10 rings (SSSR count). The monoisotopic (exact) mass is 1300 g/mol. The standard InChI is InChI=1S/2C10H14.2C10H10.2C10H14.2C10H10.C7H12N2.C7H8N2/c4*1-3-9-5-7-10(4-2)8-6-9;4*1-3-9-6-5-7-10(4-2)8-9;2*1-3-8-5-6-9(4-2)7-8/h2*5-8H,3-4H2,1-2H3;2*3-8H,1-2H2;2*5-8H,3-4H2,1-2H3;2*3-8H,1-2H2;3-4,7H2,1-2H3;3-4H,1-2,7H2. The molecule has 512 valence electrons. The van der Waals surface area contributed by atoms with Crippen molar-refractivity contribution in [2.75, 3.05) is 26.4 Å². The molecule has 0 aliphatic carbocycles. The lowest BCUT2D eigenvalue weighted by Gasteiger charge is -2.15. The van der Waals surface area contributed by atoms with Crippen LogP contribution in [0.15, 0.2) is 272 Å². The average Bonchev–Trinajstić information content (AvgIpc) is 2.88. The Bertz CT molecular complexity index is 3260. The molecule has 0 saturated carbocycles. The molecule has 0 atom stereocenters. The molecule has 0 unspecified atom stereocenters. The van der Waals surface area contributed by atoms with Gasteiger partial charge < -0.3 is 9.80 Å². The van der Waals surface area contributed by atoms with Gasteiger partial charge in [-0.15, -0.1) is 0 Å². The Kier molecular flexibility index (Phi) is 47.7. The molecule has 0 spiro atoms. The smallest absolute Gasteiger partial charge is 0.114 e. The van der Waals surface area contributed by atoms with Crippen LogP contribution in [0.3, 0.4) is 0 Å². The molecule has 0 bridgehead atoms. The van der Waals surface area contributed by atoms with Crippen molar-refractivity contribution in [3.63, 3.8) is 0 Å². The zero-order chi connectivity index (χ0) is 72.6. The first-order valence-electron chi connectivity index (χ1n) is 34.7. The first-order valence-corrected chi connectivity index (χ1v) is 34.7. The van der Waals surface area contributed by atoms with E-state index >= 15 is 0 Å². The average molecular weight is 1300 g/mol. The molecule has 0 aromatic heterocycles. The lowest BCUT2D eigenvalue weighted by Crippen LogP contribution is -2.26. The third-order valence-electron chi connectivity index (χ3n) is 15.4. The van der Waals surface area contributed by atoms with E-state index in [0.29, 0.717) is 0 Å². The van der Waals surface area contributed by atoms with Gasteiger partial charge in [-0.2, -0.15) is 0 Å². The summed E-state index contributed by atoms with van der Waals surface area (Å²) in [6, 6.07) is 79.2. The van der Waals surface area contributed by atoms with Gasteiger partial charge in [0.1, 0.15) is 13.3 Å². The minimum atomic E-state index is 0.729. The van der Waals surface area contributed by atoms with Crippen LogP contribution in [0, 0.1) is 24.2 Å². The highest BCUT2D eigenvalue weighted by molar-refractivity contribution is 5.57. The fourth-order valence-electron chi connectivity index (χ4n) is 8.67. The second-order valence-corrected chi connectivity index (χ2v) is 22.2. The second kappa shape index (κ2) is 54.7. The maximum Gasteiger partial charge on any atom is 0.114 e. The highest BCUT2D eigenvalue weighted by Crippen LogP contribution is 2.12. The van der Waals surface area contributed by atoms with Gasteiger partial charge in [0, 0.05) is 49.7 Å². The van der Waals surface area contributed by atoms with Gasteiger partial charge in [-0.3, -0.25) is 9.80 Å². The number of rotatable bonds is 20. The minimum Gasteiger partial charge on any atom is -0.312 e. The van der Waals surface area contributed by atoms with Crippen LogP contribution in [-0.2, 0) is 51.4 Å². The molecular weight excluding hydrogens is 1190 g/mol. The van der Waals surface area contributed by atoms with E-state index in [9.17, 15) is 0 Å². The van der Waals surface area contributed by atoms with Gasteiger partial charge in [0.25, 0.3) is 0 Å². The van der Waals surface area contributed by atoms with Crippen molar-refractivity contribution >= 4 is 48.6 Å². The van der Waals surface area contributed by atoms with Crippen molar-refractivity contribution in [3.05, 3.63) is 361 Å². The molecule has 2 aliphatic heterocycles. The van der Waals surface area contributed by atoms with E-state index < -0.39 is 0 Å². The number of hydrogen-bond acceptors (Lipinski definition) is 4. The molecule has 98 heavy (non-hydrogen) atoms. The summed E-state index contributed by atoms with van der Waals surface area (Å²) in [6.45, 7) is 62.0. The lowest BCUT2D eigenvalue weighted by molar-refractivity contribution is 0.291. The van der Waals surface area contributed by atoms with Gasteiger partial charge in [-0.25, -0.2) is 0 Å². The normalized spacial score (nSPS) is 10.4. The van der Waals surface area contributed by atoms with Crippen molar-refractivity contribution in [2.24, 2.45) is 0 Å². The molecule has 8 aromatic rings. The number of nitrogens with zero attached hydrogens (tertiary/aromatic N) is 4. The first-order chi connectivity index (χ1) is 47.6. The van der Waals surface area contributed by atoms with E-state index in [1.54, 1.807) is 22.2 Å². The third-order valence-corrected chi connectivity index (χ3v) is 15.4. The van der Waals surface area contributed by atoms with Crippen LogP contribution < -0.4 is 0 Å². The molecule has 0 amide bonds. The molecule has 8 aromatic carbocycles.